The number of aliphatic hydroxyl groups excluding tert-OH is 1. The van der Waals surface area contributed by atoms with Crippen LogP contribution >= 0.6 is 34.0 Å². The molecule has 0 aliphatic rings. The molecule has 3 rings (SSSR count). The van der Waals surface area contributed by atoms with E-state index in [1.807, 2.05) is 34.6 Å². The van der Waals surface area contributed by atoms with E-state index in [9.17, 15) is 20.2 Å². The average Bonchev–Trinajstić information content (AvgIpc) is 3.48. The molecule has 0 saturated heterocycles. The lowest BCUT2D eigenvalue weighted by Crippen LogP contribution is -1.86. The van der Waals surface area contributed by atoms with E-state index >= 15 is 0 Å². The highest BCUT2D eigenvalue weighted by Crippen LogP contribution is 2.31. The molecule has 0 spiro atoms. The van der Waals surface area contributed by atoms with E-state index < -0.39 is 0 Å². The quantitative estimate of drug-likeness (QED) is 0.235. The summed E-state index contributed by atoms with van der Waals surface area (Å²) in [7, 11) is 1.00. The first-order valence-electron chi connectivity index (χ1n) is 10.8. The Morgan fingerprint density at radius 1 is 0.703 bits per heavy atom. The first-order chi connectivity index (χ1) is 16.2. The lowest BCUT2D eigenvalue weighted by molar-refractivity contribution is -0.381. The summed E-state index contributed by atoms with van der Waals surface area (Å²) >= 11 is 4.08. The first kappa shape index (κ1) is 39.2. The highest BCUT2D eigenvalue weighted by Gasteiger charge is 2.19. The van der Waals surface area contributed by atoms with Crippen molar-refractivity contribution in [3.05, 3.63) is 57.7 Å². The third-order valence-corrected chi connectivity index (χ3v) is 8.11. The van der Waals surface area contributed by atoms with E-state index in [1.165, 1.54) is 27.7 Å². The van der Waals surface area contributed by atoms with Gasteiger partial charge >= 0.3 is 10.0 Å². The fraction of sp³-hybridized carbons (Fsp3) is 0.625. The predicted molar refractivity (Wildman–Crippen MR) is 158 cm³/mol. The van der Waals surface area contributed by atoms with Crippen molar-refractivity contribution in [1.82, 2.24) is 15.0 Å². The molecule has 0 unspecified atom stereocenters. The van der Waals surface area contributed by atoms with Crippen molar-refractivity contribution in [3.63, 3.8) is 0 Å². The Balaban J connectivity index is -0.000000445. The lowest BCUT2D eigenvalue weighted by atomic mass is 10.2. The van der Waals surface area contributed by atoms with Gasteiger partial charge in [0, 0.05) is 35.9 Å². The Bertz CT molecular complexity index is 1010. The number of aryl methyl sites for hydroxylation is 3. The van der Waals surface area contributed by atoms with Crippen LogP contribution in [-0.4, -0.2) is 37.0 Å². The van der Waals surface area contributed by atoms with Crippen molar-refractivity contribution in [2.24, 2.45) is 0 Å². The topological polar surface area (TPSA) is 145 Å². The number of aliphatic hydroxyl groups is 1. The molecule has 0 aliphatic heterocycles. The minimum Gasteiger partial charge on any atom is -0.400 e. The summed E-state index contributed by atoms with van der Waals surface area (Å²) in [4.78, 5) is 32.7. The molecule has 1 N–H and O–H groups in total. The Morgan fingerprint density at radius 2 is 1.03 bits per heavy atom. The zero-order chi connectivity index (χ0) is 27.5. The van der Waals surface area contributed by atoms with Crippen LogP contribution in [0, 0.1) is 41.0 Å². The Hall–Kier alpha value is -2.35. The summed E-state index contributed by atoms with van der Waals surface area (Å²) < 4.78 is 0. The largest absolute Gasteiger partial charge is 0.400 e. The van der Waals surface area contributed by atoms with Crippen LogP contribution in [0.15, 0.2) is 5.38 Å². The van der Waals surface area contributed by atoms with Gasteiger partial charge in [-0.25, -0.2) is 15.0 Å². The second-order valence-corrected chi connectivity index (χ2v) is 11.1. The summed E-state index contributed by atoms with van der Waals surface area (Å²) in [5.41, 5.74) is 2.19. The van der Waals surface area contributed by atoms with Gasteiger partial charge in [-0.3, -0.25) is 20.2 Å². The summed E-state index contributed by atoms with van der Waals surface area (Å²) in [6, 6.07) is 0. The highest BCUT2D eigenvalue weighted by atomic mass is 32.1. The van der Waals surface area contributed by atoms with Gasteiger partial charge in [0.25, 0.3) is 0 Å². The van der Waals surface area contributed by atoms with Crippen LogP contribution in [0.2, 0.25) is 0 Å². The molecule has 0 bridgehead atoms. The molecule has 0 aromatic carbocycles. The zero-order valence-corrected chi connectivity index (χ0v) is 24.3. The smallest absolute Gasteiger partial charge is 0.346 e. The third-order valence-electron chi connectivity index (χ3n) is 4.03. The first-order valence-corrected chi connectivity index (χ1v) is 13.4. The number of rotatable bonds is 5. The van der Waals surface area contributed by atoms with Crippen LogP contribution in [-0.2, 0) is 0 Å². The standard InChI is InChI=1S/2C7H10N2O2S.C7H11NS.CH4O.2CH4/c2*1-4(2)6-8-5(3)7(12-6)9(10)11;1-5(2)7-8-6(3)4-9-7;1-2;;/h2*4H,1-3H3;4-5H,1-3H3;2H,1H3;2*1H4. The monoisotopic (exact) mass is 577 g/mol. The molecule has 0 aliphatic carbocycles. The summed E-state index contributed by atoms with van der Waals surface area (Å²) in [5.74, 6) is 1.12. The Labute approximate surface area is 233 Å². The summed E-state index contributed by atoms with van der Waals surface area (Å²) in [6.07, 6.45) is 0. The zero-order valence-electron chi connectivity index (χ0n) is 21.9. The van der Waals surface area contributed by atoms with Crippen molar-refractivity contribution in [2.75, 3.05) is 7.11 Å². The Morgan fingerprint density at radius 3 is 1.16 bits per heavy atom. The molecule has 13 heteroatoms. The van der Waals surface area contributed by atoms with Crippen molar-refractivity contribution in [3.8, 4) is 0 Å². The maximum absolute atomic E-state index is 10.4. The van der Waals surface area contributed by atoms with E-state index in [4.69, 9.17) is 5.11 Å². The summed E-state index contributed by atoms with van der Waals surface area (Å²) in [5, 5.41) is 33.2. The van der Waals surface area contributed by atoms with Crippen molar-refractivity contribution in [2.45, 2.75) is 94.9 Å². The van der Waals surface area contributed by atoms with E-state index in [-0.39, 0.29) is 46.5 Å². The van der Waals surface area contributed by atoms with E-state index in [1.54, 1.807) is 25.2 Å². The molecule has 212 valence electrons. The third kappa shape index (κ3) is 13.1. The molecule has 0 amide bonds. The molecule has 0 radical (unpaired) electrons. The van der Waals surface area contributed by atoms with Gasteiger partial charge in [-0.05, 0) is 43.4 Å². The molecule has 3 aromatic heterocycles. The van der Waals surface area contributed by atoms with Gasteiger partial charge < -0.3 is 5.11 Å². The van der Waals surface area contributed by atoms with Gasteiger partial charge in [0.05, 0.1) is 14.9 Å². The lowest BCUT2D eigenvalue weighted by Gasteiger charge is -1.94. The fourth-order valence-corrected chi connectivity index (χ4v) is 4.87. The van der Waals surface area contributed by atoms with Crippen LogP contribution < -0.4 is 0 Å². The fourth-order valence-electron chi connectivity index (χ4n) is 2.29. The predicted octanol–water partition coefficient (Wildman–Crippen LogP) is 8.42. The van der Waals surface area contributed by atoms with Crippen molar-refractivity contribution < 1.29 is 15.0 Å². The van der Waals surface area contributed by atoms with Crippen LogP contribution in [0.4, 0.5) is 10.0 Å². The molecule has 3 heterocycles. The summed E-state index contributed by atoms with van der Waals surface area (Å²) in [6.45, 7) is 17.6. The average molecular weight is 578 g/mol. The maximum atomic E-state index is 10.4. The van der Waals surface area contributed by atoms with Gasteiger partial charge in [-0.15, -0.1) is 11.3 Å². The molecule has 0 fully saturated rings. The second kappa shape index (κ2) is 18.8. The number of thiazole rings is 3. The molecular formula is C24H43N5O5S3. The van der Waals surface area contributed by atoms with Crippen molar-refractivity contribution >= 4 is 44.0 Å². The van der Waals surface area contributed by atoms with Crippen molar-refractivity contribution in [1.29, 1.82) is 0 Å². The van der Waals surface area contributed by atoms with Gasteiger partial charge in [-0.1, -0.05) is 56.4 Å². The molecule has 3 aromatic rings. The maximum Gasteiger partial charge on any atom is 0.346 e. The Kier molecular flexibility index (Phi) is 19.9. The van der Waals surface area contributed by atoms with Gasteiger partial charge in [0.1, 0.15) is 21.4 Å². The minimum absolute atomic E-state index is 0. The minimum atomic E-state index is -0.376. The number of nitrogens with zero attached hydrogens (tertiary/aromatic N) is 5. The molecule has 0 saturated carbocycles. The van der Waals surface area contributed by atoms with Gasteiger partial charge in [0.2, 0.25) is 0 Å². The van der Waals surface area contributed by atoms with E-state index in [0.29, 0.717) is 17.3 Å². The van der Waals surface area contributed by atoms with Crippen LogP contribution in [0.25, 0.3) is 0 Å². The van der Waals surface area contributed by atoms with Crippen LogP contribution in [0.1, 0.15) is 106 Å². The number of nitro groups is 2. The van der Waals surface area contributed by atoms with E-state index in [2.05, 4.69) is 34.2 Å². The van der Waals surface area contributed by atoms with Crippen LogP contribution in [0.5, 0.6) is 0 Å². The number of hydrogen-bond acceptors (Lipinski definition) is 11. The number of aromatic nitrogens is 3. The van der Waals surface area contributed by atoms with Crippen LogP contribution in [0.3, 0.4) is 0 Å². The molecule has 10 nitrogen and oxygen atoms in total. The normalized spacial score (nSPS) is 9.68. The van der Waals surface area contributed by atoms with Gasteiger partial charge in [0.15, 0.2) is 0 Å². The highest BCUT2D eigenvalue weighted by molar-refractivity contribution is 7.15. The SMILES string of the molecule is C.C.CO.Cc1csc(C(C)C)n1.Cc1nc(C(C)C)sc1[N+](=O)[O-].Cc1nc(C(C)C)sc1[N+](=O)[O-]. The van der Waals surface area contributed by atoms with Gasteiger partial charge in [-0.2, -0.15) is 0 Å². The van der Waals surface area contributed by atoms with E-state index in [0.717, 1.165) is 22.8 Å². The molecular weight excluding hydrogens is 534 g/mol. The number of hydrogen-bond donors (Lipinski definition) is 1. The molecule has 0 atom stereocenters. The second-order valence-electron chi connectivity index (χ2n) is 8.19. The molecule has 37 heavy (non-hydrogen) atoms.